The first kappa shape index (κ1) is 16.4. The summed E-state index contributed by atoms with van der Waals surface area (Å²) in [5.74, 6) is -0.391. The van der Waals surface area contributed by atoms with Crippen molar-refractivity contribution in [3.05, 3.63) is 61.9 Å². The number of fused-ring (bicyclic) bond motifs is 1. The highest BCUT2D eigenvalue weighted by molar-refractivity contribution is 6.44. The number of carbonyl (C=O) groups excluding carboxylic acids is 1. The molecule has 0 bridgehead atoms. The smallest absolute Gasteiger partial charge is 0.274 e. The van der Waals surface area contributed by atoms with Crippen molar-refractivity contribution >= 4 is 63.6 Å². The number of pyridine rings is 1. The standard InChI is InChI=1S/C15H9Cl4N3O/c1-7-13(22-6-8(16)5-10(18)14(22)20-7)15(23)21-11-4-2-3-9(17)12(11)19/h2-6H,1H3,(H,21,23). The van der Waals surface area contributed by atoms with E-state index in [9.17, 15) is 4.79 Å². The molecule has 0 radical (unpaired) electrons. The molecule has 0 aliphatic carbocycles. The van der Waals surface area contributed by atoms with Gasteiger partial charge in [-0.2, -0.15) is 0 Å². The molecule has 0 fully saturated rings. The summed E-state index contributed by atoms with van der Waals surface area (Å²) in [4.78, 5) is 16.9. The van der Waals surface area contributed by atoms with Gasteiger partial charge in [-0.1, -0.05) is 52.5 Å². The molecule has 0 aliphatic heterocycles. The van der Waals surface area contributed by atoms with Crippen molar-refractivity contribution in [3.63, 3.8) is 0 Å². The minimum atomic E-state index is -0.391. The van der Waals surface area contributed by atoms with Gasteiger partial charge >= 0.3 is 0 Å². The number of aromatic nitrogens is 2. The number of anilines is 1. The second-order valence-electron chi connectivity index (χ2n) is 4.80. The van der Waals surface area contributed by atoms with E-state index in [1.807, 2.05) is 0 Å². The van der Waals surface area contributed by atoms with Gasteiger partial charge < -0.3 is 5.32 Å². The quantitative estimate of drug-likeness (QED) is 0.629. The van der Waals surface area contributed by atoms with Crippen molar-refractivity contribution in [1.29, 1.82) is 0 Å². The molecule has 0 atom stereocenters. The zero-order chi connectivity index (χ0) is 16.7. The number of imidazole rings is 1. The Balaban J connectivity index is 2.08. The Morgan fingerprint density at radius 3 is 2.65 bits per heavy atom. The fourth-order valence-electron chi connectivity index (χ4n) is 2.24. The summed E-state index contributed by atoms with van der Waals surface area (Å²) in [6.07, 6.45) is 1.58. The Labute approximate surface area is 151 Å². The lowest BCUT2D eigenvalue weighted by atomic mass is 10.2. The molecule has 8 heteroatoms. The maximum absolute atomic E-state index is 12.6. The normalized spacial score (nSPS) is 11.0. The molecular weight excluding hydrogens is 380 g/mol. The number of carbonyl (C=O) groups is 1. The fourth-order valence-corrected chi connectivity index (χ4v) is 3.10. The fraction of sp³-hybridized carbons (Fsp3) is 0.0667. The van der Waals surface area contributed by atoms with Gasteiger partial charge in [0.15, 0.2) is 5.65 Å². The lowest BCUT2D eigenvalue weighted by molar-refractivity contribution is 0.102. The zero-order valence-electron chi connectivity index (χ0n) is 11.7. The van der Waals surface area contributed by atoms with E-state index in [1.165, 1.54) is 0 Å². The van der Waals surface area contributed by atoms with Crippen LogP contribution in [0, 0.1) is 6.92 Å². The maximum atomic E-state index is 12.6. The molecule has 1 aromatic carbocycles. The van der Waals surface area contributed by atoms with Gasteiger partial charge in [0.05, 0.1) is 31.5 Å². The van der Waals surface area contributed by atoms with Crippen molar-refractivity contribution in [2.45, 2.75) is 6.92 Å². The van der Waals surface area contributed by atoms with Gasteiger partial charge in [-0.15, -0.1) is 0 Å². The first-order valence-corrected chi connectivity index (χ1v) is 7.98. The lowest BCUT2D eigenvalue weighted by Gasteiger charge is -2.09. The maximum Gasteiger partial charge on any atom is 0.274 e. The Bertz CT molecular complexity index is 936. The summed E-state index contributed by atoms with van der Waals surface area (Å²) in [6, 6.07) is 6.56. The summed E-state index contributed by atoms with van der Waals surface area (Å²) in [6.45, 7) is 1.71. The van der Waals surface area contributed by atoms with Crippen LogP contribution in [-0.4, -0.2) is 15.3 Å². The average Bonchev–Trinajstić information content (AvgIpc) is 2.80. The molecule has 118 valence electrons. The predicted octanol–water partition coefficient (Wildman–Crippen LogP) is 5.51. The van der Waals surface area contributed by atoms with Crippen LogP contribution < -0.4 is 5.32 Å². The molecule has 23 heavy (non-hydrogen) atoms. The Morgan fingerprint density at radius 2 is 1.91 bits per heavy atom. The van der Waals surface area contributed by atoms with Gasteiger partial charge in [0.1, 0.15) is 5.69 Å². The van der Waals surface area contributed by atoms with Crippen LogP contribution in [0.2, 0.25) is 20.1 Å². The average molecular weight is 389 g/mol. The van der Waals surface area contributed by atoms with E-state index in [2.05, 4.69) is 10.3 Å². The highest BCUT2D eigenvalue weighted by Crippen LogP contribution is 2.30. The molecule has 0 saturated carbocycles. The molecule has 2 aromatic heterocycles. The van der Waals surface area contributed by atoms with Crippen LogP contribution in [0.15, 0.2) is 30.5 Å². The molecule has 1 amide bonds. The zero-order valence-corrected chi connectivity index (χ0v) is 14.7. The molecule has 4 nitrogen and oxygen atoms in total. The number of nitrogens with zero attached hydrogens (tertiary/aromatic N) is 2. The topological polar surface area (TPSA) is 46.4 Å². The van der Waals surface area contributed by atoms with Crippen LogP contribution >= 0.6 is 46.4 Å². The summed E-state index contributed by atoms with van der Waals surface area (Å²) < 4.78 is 1.55. The van der Waals surface area contributed by atoms with E-state index in [-0.39, 0.29) is 5.02 Å². The highest BCUT2D eigenvalue weighted by Gasteiger charge is 2.20. The molecule has 0 spiro atoms. The second-order valence-corrected chi connectivity index (χ2v) is 6.43. The van der Waals surface area contributed by atoms with E-state index in [0.717, 1.165) is 0 Å². The van der Waals surface area contributed by atoms with Crippen LogP contribution in [0.25, 0.3) is 5.65 Å². The number of hydrogen-bond acceptors (Lipinski definition) is 2. The molecule has 1 N–H and O–H groups in total. The van der Waals surface area contributed by atoms with E-state index < -0.39 is 5.91 Å². The molecule has 2 heterocycles. The number of halogens is 4. The molecule has 0 aliphatic rings. The van der Waals surface area contributed by atoms with Crippen molar-refractivity contribution in [2.75, 3.05) is 5.32 Å². The highest BCUT2D eigenvalue weighted by atomic mass is 35.5. The molecular formula is C15H9Cl4N3O. The largest absolute Gasteiger partial charge is 0.319 e. The van der Waals surface area contributed by atoms with Crippen molar-refractivity contribution in [2.24, 2.45) is 0 Å². The predicted molar refractivity (Wildman–Crippen MR) is 94.4 cm³/mol. The second kappa shape index (κ2) is 6.21. The first-order valence-electron chi connectivity index (χ1n) is 6.47. The first-order chi connectivity index (χ1) is 10.9. The van der Waals surface area contributed by atoms with Crippen LogP contribution in [-0.2, 0) is 0 Å². The monoisotopic (exact) mass is 387 g/mol. The van der Waals surface area contributed by atoms with Crippen LogP contribution in [0.3, 0.4) is 0 Å². The van der Waals surface area contributed by atoms with Crippen LogP contribution in [0.5, 0.6) is 0 Å². The van der Waals surface area contributed by atoms with Gasteiger partial charge in [0.25, 0.3) is 5.91 Å². The summed E-state index contributed by atoms with van der Waals surface area (Å²) in [5, 5.41) is 4.10. The Hall–Kier alpha value is -1.46. The number of nitrogens with one attached hydrogen (secondary N) is 1. The third-order valence-electron chi connectivity index (χ3n) is 3.23. The molecule has 3 aromatic rings. The minimum absolute atomic E-state index is 0.269. The van der Waals surface area contributed by atoms with Crippen LogP contribution in [0.1, 0.15) is 16.2 Å². The number of rotatable bonds is 2. The van der Waals surface area contributed by atoms with Gasteiger partial charge in [0.2, 0.25) is 0 Å². The number of hydrogen-bond donors (Lipinski definition) is 1. The number of aryl methyl sites for hydroxylation is 1. The van der Waals surface area contributed by atoms with Crippen molar-refractivity contribution in [1.82, 2.24) is 9.38 Å². The summed E-state index contributed by atoms with van der Waals surface area (Å²) in [5.41, 5.74) is 1.70. The molecule has 0 saturated heterocycles. The minimum Gasteiger partial charge on any atom is -0.319 e. The van der Waals surface area contributed by atoms with Gasteiger partial charge in [-0.3, -0.25) is 9.20 Å². The van der Waals surface area contributed by atoms with E-state index in [0.29, 0.717) is 37.8 Å². The summed E-state index contributed by atoms with van der Waals surface area (Å²) in [7, 11) is 0. The van der Waals surface area contributed by atoms with E-state index >= 15 is 0 Å². The molecule has 0 unspecified atom stereocenters. The van der Waals surface area contributed by atoms with Crippen molar-refractivity contribution in [3.8, 4) is 0 Å². The van der Waals surface area contributed by atoms with Crippen molar-refractivity contribution < 1.29 is 4.79 Å². The lowest BCUT2D eigenvalue weighted by Crippen LogP contribution is -2.16. The summed E-state index contributed by atoms with van der Waals surface area (Å²) >= 11 is 24.2. The third-order valence-corrected chi connectivity index (χ3v) is 4.53. The van der Waals surface area contributed by atoms with Gasteiger partial charge in [0, 0.05) is 6.20 Å². The molecule has 3 rings (SSSR count). The third kappa shape index (κ3) is 3.00. The Kier molecular flexibility index (Phi) is 4.43. The van der Waals surface area contributed by atoms with E-state index in [1.54, 1.807) is 41.8 Å². The Morgan fingerprint density at radius 1 is 1.17 bits per heavy atom. The van der Waals surface area contributed by atoms with E-state index in [4.69, 9.17) is 46.4 Å². The van der Waals surface area contributed by atoms with Crippen LogP contribution in [0.4, 0.5) is 5.69 Å². The van der Waals surface area contributed by atoms with Gasteiger partial charge in [-0.05, 0) is 25.1 Å². The SMILES string of the molecule is Cc1nc2c(Cl)cc(Cl)cn2c1C(=O)Nc1cccc(Cl)c1Cl. The van der Waals surface area contributed by atoms with Gasteiger partial charge in [-0.25, -0.2) is 4.98 Å². The number of amides is 1. The number of benzene rings is 1.